The van der Waals surface area contributed by atoms with Crippen LogP contribution in [0.2, 0.25) is 0 Å². The zero-order chi connectivity index (χ0) is 10.8. The van der Waals surface area contributed by atoms with Crippen LogP contribution in [0.1, 0.15) is 13.8 Å². The molecule has 78 valence electrons. The third-order valence-electron chi connectivity index (χ3n) is 1.85. The molecule has 0 saturated heterocycles. The molecule has 1 atom stereocenters. The maximum Gasteiger partial charge on any atom is 0.209 e. The van der Waals surface area contributed by atoms with E-state index in [1.54, 1.807) is 0 Å². The summed E-state index contributed by atoms with van der Waals surface area (Å²) in [5.41, 5.74) is 0.412. The summed E-state index contributed by atoms with van der Waals surface area (Å²) in [4.78, 5) is 0. The summed E-state index contributed by atoms with van der Waals surface area (Å²) in [6, 6.07) is 0. The molecule has 0 aromatic carbocycles. The van der Waals surface area contributed by atoms with Crippen molar-refractivity contribution in [3.05, 3.63) is 36.0 Å². The van der Waals surface area contributed by atoms with Gasteiger partial charge in [0.05, 0.1) is 11.8 Å². The van der Waals surface area contributed by atoms with Crippen molar-refractivity contribution in [2.24, 2.45) is 0 Å². The molecular weight excluding hydrogens is 198 g/mol. The van der Waals surface area contributed by atoms with Crippen molar-refractivity contribution >= 4 is 10.0 Å². The Morgan fingerprint density at radius 1 is 1.36 bits per heavy atom. The number of allylic oxidation sites excluding steroid dienone is 4. The van der Waals surface area contributed by atoms with Crippen LogP contribution in [-0.2, 0) is 10.0 Å². The van der Waals surface area contributed by atoms with Crippen molar-refractivity contribution < 1.29 is 8.42 Å². The Bertz CT molecular complexity index is 404. The van der Waals surface area contributed by atoms with Gasteiger partial charge >= 0.3 is 0 Å². The van der Waals surface area contributed by atoms with Gasteiger partial charge in [-0.1, -0.05) is 36.0 Å². The lowest BCUT2D eigenvalue weighted by Gasteiger charge is -2.22. The van der Waals surface area contributed by atoms with Gasteiger partial charge in [-0.2, -0.15) is 0 Å². The van der Waals surface area contributed by atoms with E-state index in [-0.39, 0.29) is 0 Å². The second-order valence-electron chi connectivity index (χ2n) is 3.76. The van der Waals surface area contributed by atoms with Gasteiger partial charge in [-0.25, -0.2) is 13.1 Å². The highest BCUT2D eigenvalue weighted by atomic mass is 32.2. The van der Waals surface area contributed by atoms with Crippen molar-refractivity contribution in [1.82, 2.24) is 4.72 Å². The van der Waals surface area contributed by atoms with Crippen molar-refractivity contribution in [3.8, 4) is 0 Å². The largest absolute Gasteiger partial charge is 0.213 e. The van der Waals surface area contributed by atoms with Crippen molar-refractivity contribution in [2.75, 3.05) is 6.26 Å². The molecule has 0 aromatic heterocycles. The van der Waals surface area contributed by atoms with E-state index in [2.05, 4.69) is 4.72 Å². The maximum atomic E-state index is 11.1. The highest BCUT2D eigenvalue weighted by Crippen LogP contribution is 2.16. The van der Waals surface area contributed by atoms with Gasteiger partial charge < -0.3 is 0 Å². The molecular formula is C10H15NO2S. The first-order chi connectivity index (χ1) is 6.31. The molecule has 1 rings (SSSR count). The van der Waals surface area contributed by atoms with E-state index in [0.29, 0.717) is 0 Å². The molecule has 14 heavy (non-hydrogen) atoms. The van der Waals surface area contributed by atoms with Crippen LogP contribution in [0.4, 0.5) is 0 Å². The minimum absolute atomic E-state index is 0.624. The molecule has 1 aliphatic rings. The predicted molar refractivity (Wildman–Crippen MR) is 58.4 cm³/mol. The highest BCUT2D eigenvalue weighted by molar-refractivity contribution is 7.88. The van der Waals surface area contributed by atoms with Gasteiger partial charge in [0, 0.05) is 0 Å². The van der Waals surface area contributed by atoms with Gasteiger partial charge in [-0.3, -0.25) is 0 Å². The number of nitrogens with one attached hydrogen (secondary N) is 1. The second-order valence-corrected chi connectivity index (χ2v) is 5.51. The number of rotatable bonds is 2. The molecule has 0 saturated carbocycles. The Labute approximate surface area is 85.3 Å². The molecule has 0 aromatic rings. The van der Waals surface area contributed by atoms with Gasteiger partial charge in [0.25, 0.3) is 0 Å². The van der Waals surface area contributed by atoms with Crippen LogP contribution < -0.4 is 4.72 Å². The first kappa shape index (κ1) is 11.2. The van der Waals surface area contributed by atoms with Crippen LogP contribution in [0.25, 0.3) is 0 Å². The Balaban J connectivity index is 3.00. The first-order valence-electron chi connectivity index (χ1n) is 4.35. The monoisotopic (exact) mass is 213 g/mol. The zero-order valence-electron chi connectivity index (χ0n) is 8.61. The summed E-state index contributed by atoms with van der Waals surface area (Å²) in [5, 5.41) is 0. The normalized spacial score (nSPS) is 27.2. The van der Waals surface area contributed by atoms with E-state index >= 15 is 0 Å². The fourth-order valence-electron chi connectivity index (χ4n) is 1.49. The topological polar surface area (TPSA) is 46.2 Å². The Morgan fingerprint density at radius 2 is 2.00 bits per heavy atom. The van der Waals surface area contributed by atoms with Crippen LogP contribution in [-0.4, -0.2) is 20.2 Å². The van der Waals surface area contributed by atoms with Crippen molar-refractivity contribution in [1.29, 1.82) is 0 Å². The standard InChI is InChI=1S/C10H15NO2S/c1-9-6-4-5-7-10(2,8-9)11-14(3,12)13/h4-8,11H,1-3H3. The number of hydrogen-bond donors (Lipinski definition) is 1. The van der Waals surface area contributed by atoms with E-state index in [0.717, 1.165) is 11.8 Å². The van der Waals surface area contributed by atoms with Crippen LogP contribution in [0.15, 0.2) is 36.0 Å². The van der Waals surface area contributed by atoms with Gasteiger partial charge in [0.15, 0.2) is 0 Å². The van der Waals surface area contributed by atoms with Crippen LogP contribution >= 0.6 is 0 Å². The summed E-state index contributed by atoms with van der Waals surface area (Å²) in [7, 11) is -3.20. The van der Waals surface area contributed by atoms with E-state index in [1.807, 2.05) is 44.2 Å². The number of hydrogen-bond acceptors (Lipinski definition) is 2. The minimum Gasteiger partial charge on any atom is -0.213 e. The summed E-state index contributed by atoms with van der Waals surface area (Å²) >= 11 is 0. The predicted octanol–water partition coefficient (Wildman–Crippen LogP) is 1.37. The summed E-state index contributed by atoms with van der Waals surface area (Å²) < 4.78 is 24.8. The van der Waals surface area contributed by atoms with Gasteiger partial charge in [-0.15, -0.1) is 0 Å². The summed E-state index contributed by atoms with van der Waals surface area (Å²) in [6.07, 6.45) is 10.5. The third-order valence-corrected chi connectivity index (χ3v) is 2.66. The van der Waals surface area contributed by atoms with E-state index in [4.69, 9.17) is 0 Å². The molecule has 0 aliphatic heterocycles. The zero-order valence-corrected chi connectivity index (χ0v) is 9.43. The third kappa shape index (κ3) is 3.47. The van der Waals surface area contributed by atoms with Gasteiger partial charge in [0.1, 0.15) is 0 Å². The average molecular weight is 213 g/mol. The molecule has 1 N–H and O–H groups in total. The van der Waals surface area contributed by atoms with Crippen LogP contribution in [0, 0.1) is 0 Å². The SMILES string of the molecule is CC1=CC(C)(NS(C)(=O)=O)C=CC=C1. The molecule has 0 radical (unpaired) electrons. The van der Waals surface area contributed by atoms with Crippen LogP contribution in [0.5, 0.6) is 0 Å². The molecule has 0 amide bonds. The van der Waals surface area contributed by atoms with Crippen LogP contribution in [0.3, 0.4) is 0 Å². The lowest BCUT2D eigenvalue weighted by atomic mass is 10.0. The molecule has 0 heterocycles. The Morgan fingerprint density at radius 3 is 2.57 bits per heavy atom. The fourth-order valence-corrected chi connectivity index (χ4v) is 2.42. The van der Waals surface area contributed by atoms with Crippen molar-refractivity contribution in [3.63, 3.8) is 0 Å². The lowest BCUT2D eigenvalue weighted by Crippen LogP contribution is -2.42. The molecule has 0 fully saturated rings. The fraction of sp³-hybridized carbons (Fsp3) is 0.400. The quantitative estimate of drug-likeness (QED) is 0.753. The lowest BCUT2D eigenvalue weighted by molar-refractivity contribution is 0.558. The summed E-state index contributed by atoms with van der Waals surface area (Å²) in [5.74, 6) is 0. The Hall–Kier alpha value is -0.870. The average Bonchev–Trinajstić information content (AvgIpc) is 2.06. The van der Waals surface area contributed by atoms with Crippen molar-refractivity contribution in [2.45, 2.75) is 19.4 Å². The Kier molecular flexibility index (Phi) is 2.97. The maximum absolute atomic E-state index is 11.1. The summed E-state index contributed by atoms with van der Waals surface area (Å²) in [6.45, 7) is 3.76. The molecule has 3 nitrogen and oxygen atoms in total. The van der Waals surface area contributed by atoms with Gasteiger partial charge in [0.2, 0.25) is 10.0 Å². The highest BCUT2D eigenvalue weighted by Gasteiger charge is 2.22. The molecule has 0 spiro atoms. The number of sulfonamides is 1. The molecule has 1 unspecified atom stereocenters. The molecule has 4 heteroatoms. The smallest absolute Gasteiger partial charge is 0.209 e. The molecule has 0 bridgehead atoms. The first-order valence-corrected chi connectivity index (χ1v) is 6.24. The van der Waals surface area contributed by atoms with E-state index in [9.17, 15) is 8.42 Å². The second kappa shape index (κ2) is 3.71. The molecule has 1 aliphatic carbocycles. The minimum atomic E-state index is -3.20. The van der Waals surface area contributed by atoms with E-state index in [1.165, 1.54) is 0 Å². The van der Waals surface area contributed by atoms with E-state index < -0.39 is 15.6 Å². The van der Waals surface area contributed by atoms with Gasteiger partial charge in [-0.05, 0) is 13.8 Å².